The SMILES string of the molecule is c1ccc(-c2ccc3ccc4ccc(-c5ccc(-c6c(-c7ccccc7)nc(-c7ccccc7)nc6-c6ccccc6)cc5)nc4c3n2)cc1. The molecule has 0 radical (unpaired) electrons. The number of hydrogen-bond donors (Lipinski definition) is 0. The van der Waals surface area contributed by atoms with E-state index in [2.05, 4.69) is 133 Å². The van der Waals surface area contributed by atoms with Gasteiger partial charge in [-0.05, 0) is 17.7 Å². The van der Waals surface area contributed by atoms with E-state index in [0.717, 1.165) is 83.5 Å². The molecule has 0 amide bonds. The molecule has 0 aliphatic carbocycles. The maximum atomic E-state index is 5.22. The fourth-order valence-electron chi connectivity index (χ4n) is 6.57. The summed E-state index contributed by atoms with van der Waals surface area (Å²) >= 11 is 0. The molecule has 50 heavy (non-hydrogen) atoms. The number of pyridine rings is 2. The Morgan fingerprint density at radius 3 is 1.08 bits per heavy atom. The summed E-state index contributed by atoms with van der Waals surface area (Å²) in [6.45, 7) is 0. The Balaban J connectivity index is 1.19. The second-order valence-electron chi connectivity index (χ2n) is 12.3. The second kappa shape index (κ2) is 12.7. The first-order valence-electron chi connectivity index (χ1n) is 16.7. The summed E-state index contributed by atoms with van der Waals surface area (Å²) in [4.78, 5) is 20.7. The van der Waals surface area contributed by atoms with Crippen molar-refractivity contribution in [1.82, 2.24) is 19.9 Å². The van der Waals surface area contributed by atoms with Crippen molar-refractivity contribution in [3.63, 3.8) is 0 Å². The summed E-state index contributed by atoms with van der Waals surface area (Å²) in [5, 5.41) is 2.13. The van der Waals surface area contributed by atoms with Gasteiger partial charge in [-0.25, -0.2) is 19.9 Å². The number of fused-ring (bicyclic) bond motifs is 3. The molecule has 234 valence electrons. The molecule has 0 fully saturated rings. The van der Waals surface area contributed by atoms with Gasteiger partial charge in [-0.1, -0.05) is 170 Å². The maximum absolute atomic E-state index is 5.22. The van der Waals surface area contributed by atoms with Gasteiger partial charge < -0.3 is 0 Å². The van der Waals surface area contributed by atoms with Crippen molar-refractivity contribution >= 4 is 21.8 Å². The van der Waals surface area contributed by atoms with E-state index in [9.17, 15) is 0 Å². The van der Waals surface area contributed by atoms with Crippen LogP contribution in [0.4, 0.5) is 0 Å². The van der Waals surface area contributed by atoms with Gasteiger partial charge in [-0.2, -0.15) is 0 Å². The van der Waals surface area contributed by atoms with Crippen LogP contribution in [0.15, 0.2) is 182 Å². The molecular weight excluding hydrogens is 609 g/mol. The normalized spacial score (nSPS) is 11.2. The Bertz CT molecular complexity index is 2540. The predicted molar refractivity (Wildman–Crippen MR) is 205 cm³/mol. The molecular formula is C46H30N4. The van der Waals surface area contributed by atoms with Crippen molar-refractivity contribution in [2.24, 2.45) is 0 Å². The lowest BCUT2D eigenvalue weighted by molar-refractivity contribution is 1.18. The van der Waals surface area contributed by atoms with Crippen LogP contribution in [0.25, 0.3) is 89.4 Å². The largest absolute Gasteiger partial charge is 0.245 e. The molecule has 0 bridgehead atoms. The lowest BCUT2D eigenvalue weighted by atomic mass is 9.93. The van der Waals surface area contributed by atoms with E-state index in [-0.39, 0.29) is 0 Å². The Morgan fingerprint density at radius 2 is 0.620 bits per heavy atom. The molecule has 0 unspecified atom stereocenters. The summed E-state index contributed by atoms with van der Waals surface area (Å²) in [5.41, 5.74) is 12.6. The van der Waals surface area contributed by atoms with Crippen molar-refractivity contribution in [1.29, 1.82) is 0 Å². The van der Waals surface area contributed by atoms with Crippen molar-refractivity contribution in [3.8, 4) is 67.5 Å². The van der Waals surface area contributed by atoms with E-state index < -0.39 is 0 Å². The molecule has 0 spiro atoms. The van der Waals surface area contributed by atoms with E-state index >= 15 is 0 Å². The van der Waals surface area contributed by atoms with Crippen LogP contribution < -0.4 is 0 Å². The molecule has 6 aromatic carbocycles. The van der Waals surface area contributed by atoms with Crippen LogP contribution >= 0.6 is 0 Å². The first-order chi connectivity index (χ1) is 24.8. The van der Waals surface area contributed by atoms with Crippen LogP contribution in [-0.4, -0.2) is 19.9 Å². The average molecular weight is 639 g/mol. The van der Waals surface area contributed by atoms with Crippen LogP contribution in [0.3, 0.4) is 0 Å². The van der Waals surface area contributed by atoms with E-state index in [0.29, 0.717) is 5.82 Å². The van der Waals surface area contributed by atoms with Crippen LogP contribution in [0.5, 0.6) is 0 Å². The van der Waals surface area contributed by atoms with Crippen LogP contribution in [0.1, 0.15) is 0 Å². The fraction of sp³-hybridized carbons (Fsp3) is 0. The molecule has 0 N–H and O–H groups in total. The Labute approximate surface area is 290 Å². The molecule has 4 heteroatoms. The first-order valence-corrected chi connectivity index (χ1v) is 16.7. The zero-order valence-electron chi connectivity index (χ0n) is 27.1. The number of rotatable bonds is 6. The highest BCUT2D eigenvalue weighted by Gasteiger charge is 2.20. The van der Waals surface area contributed by atoms with Gasteiger partial charge in [0.2, 0.25) is 0 Å². The predicted octanol–water partition coefficient (Wildman–Crippen LogP) is 11.6. The average Bonchev–Trinajstić information content (AvgIpc) is 3.21. The van der Waals surface area contributed by atoms with Gasteiger partial charge in [-0.3, -0.25) is 0 Å². The van der Waals surface area contributed by atoms with Gasteiger partial charge in [0, 0.05) is 44.2 Å². The summed E-state index contributed by atoms with van der Waals surface area (Å²) in [6, 6.07) is 62.5. The highest BCUT2D eigenvalue weighted by atomic mass is 14.9. The lowest BCUT2D eigenvalue weighted by Crippen LogP contribution is -2.00. The van der Waals surface area contributed by atoms with E-state index in [1.54, 1.807) is 0 Å². The second-order valence-corrected chi connectivity index (χ2v) is 12.3. The Kier molecular flexibility index (Phi) is 7.45. The number of nitrogens with zero attached hydrogens (tertiary/aromatic N) is 4. The van der Waals surface area contributed by atoms with Crippen molar-refractivity contribution in [3.05, 3.63) is 182 Å². The van der Waals surface area contributed by atoms with Crippen LogP contribution in [-0.2, 0) is 0 Å². The highest BCUT2D eigenvalue weighted by Crippen LogP contribution is 2.40. The monoisotopic (exact) mass is 638 g/mol. The zero-order chi connectivity index (χ0) is 33.3. The van der Waals surface area contributed by atoms with Gasteiger partial charge in [0.05, 0.1) is 33.8 Å². The third-order valence-corrected chi connectivity index (χ3v) is 9.09. The molecule has 9 rings (SSSR count). The molecule has 0 saturated carbocycles. The van der Waals surface area contributed by atoms with E-state index in [1.807, 2.05) is 48.5 Å². The molecule has 3 aromatic heterocycles. The highest BCUT2D eigenvalue weighted by molar-refractivity contribution is 6.04. The van der Waals surface area contributed by atoms with E-state index in [4.69, 9.17) is 19.9 Å². The lowest BCUT2D eigenvalue weighted by Gasteiger charge is -2.17. The number of benzene rings is 6. The van der Waals surface area contributed by atoms with Gasteiger partial charge in [-0.15, -0.1) is 0 Å². The maximum Gasteiger partial charge on any atom is 0.160 e. The van der Waals surface area contributed by atoms with Gasteiger partial charge >= 0.3 is 0 Å². The fourth-order valence-corrected chi connectivity index (χ4v) is 6.57. The smallest absolute Gasteiger partial charge is 0.160 e. The van der Waals surface area contributed by atoms with Crippen molar-refractivity contribution < 1.29 is 0 Å². The molecule has 4 nitrogen and oxygen atoms in total. The summed E-state index contributed by atoms with van der Waals surface area (Å²) in [7, 11) is 0. The topological polar surface area (TPSA) is 51.6 Å². The molecule has 9 aromatic rings. The van der Waals surface area contributed by atoms with Crippen molar-refractivity contribution in [2.45, 2.75) is 0 Å². The Hall–Kier alpha value is -6.78. The number of hydrogen-bond acceptors (Lipinski definition) is 4. The summed E-state index contributed by atoms with van der Waals surface area (Å²) in [5.74, 6) is 0.695. The molecule has 3 heterocycles. The van der Waals surface area contributed by atoms with E-state index in [1.165, 1.54) is 0 Å². The standard InChI is InChI=1S/C46H30N4/c1-5-13-31(14-6-1)39-29-27-36-25-26-37-28-30-40(48-45(37)44(36)47-39)32-21-23-33(24-22-32)41-42(34-15-7-2-8-16-34)49-46(38-19-11-4-12-20-38)50-43(41)35-17-9-3-10-18-35/h1-30H. The minimum absolute atomic E-state index is 0.695. The summed E-state index contributed by atoms with van der Waals surface area (Å²) < 4.78 is 0. The minimum Gasteiger partial charge on any atom is -0.245 e. The molecule has 0 atom stereocenters. The Morgan fingerprint density at radius 1 is 0.260 bits per heavy atom. The van der Waals surface area contributed by atoms with Crippen molar-refractivity contribution in [2.75, 3.05) is 0 Å². The van der Waals surface area contributed by atoms with Gasteiger partial charge in [0.25, 0.3) is 0 Å². The van der Waals surface area contributed by atoms with Crippen LogP contribution in [0, 0.1) is 0 Å². The minimum atomic E-state index is 0.695. The summed E-state index contributed by atoms with van der Waals surface area (Å²) in [6.07, 6.45) is 0. The molecule has 0 aliphatic rings. The van der Waals surface area contributed by atoms with Gasteiger partial charge in [0.15, 0.2) is 5.82 Å². The molecule has 0 saturated heterocycles. The van der Waals surface area contributed by atoms with Crippen LogP contribution in [0.2, 0.25) is 0 Å². The third kappa shape index (κ3) is 5.49. The number of aromatic nitrogens is 4. The quantitative estimate of drug-likeness (QED) is 0.170. The first kappa shape index (κ1) is 29.4. The molecule has 0 aliphatic heterocycles. The zero-order valence-corrected chi connectivity index (χ0v) is 27.1. The third-order valence-electron chi connectivity index (χ3n) is 9.09. The van der Waals surface area contributed by atoms with Gasteiger partial charge in [0.1, 0.15) is 0 Å².